The fraction of sp³-hybridized carbons (Fsp3) is 0.273. The molecule has 0 fully saturated rings. The lowest BCUT2D eigenvalue weighted by molar-refractivity contribution is 0.580. The summed E-state index contributed by atoms with van der Waals surface area (Å²) in [7, 11) is 0. The lowest BCUT2D eigenvalue weighted by atomic mass is 10.2. The molecule has 0 saturated carbocycles. The van der Waals surface area contributed by atoms with E-state index < -0.39 is 11.6 Å². The Morgan fingerprint density at radius 2 is 1.88 bits per heavy atom. The van der Waals surface area contributed by atoms with Crippen LogP contribution in [0.3, 0.4) is 0 Å². The lowest BCUT2D eigenvalue weighted by Crippen LogP contribution is -2.00. The van der Waals surface area contributed by atoms with Gasteiger partial charge in [0.05, 0.1) is 0 Å². The van der Waals surface area contributed by atoms with Crippen molar-refractivity contribution in [2.24, 2.45) is 0 Å². The number of nitrogens with zero attached hydrogens (tertiary/aromatic N) is 2. The normalized spacial score (nSPS) is 10.5. The molecule has 0 aliphatic heterocycles. The van der Waals surface area contributed by atoms with E-state index in [4.69, 9.17) is 0 Å². The van der Waals surface area contributed by atoms with Crippen LogP contribution in [0.4, 0.5) is 13.9 Å². The van der Waals surface area contributed by atoms with Crippen molar-refractivity contribution >= 4 is 16.5 Å². The second kappa shape index (κ2) is 5.18. The molecular weight excluding hydrogens is 244 g/mol. The first-order chi connectivity index (χ1) is 8.17. The average Bonchev–Trinajstić information content (AvgIpc) is 2.73. The minimum atomic E-state index is -0.576. The lowest BCUT2D eigenvalue weighted by Gasteiger charge is -2.02. The second-order valence-electron chi connectivity index (χ2n) is 3.49. The van der Waals surface area contributed by atoms with E-state index in [0.29, 0.717) is 17.2 Å². The van der Waals surface area contributed by atoms with Gasteiger partial charge in [-0.05, 0) is 24.1 Å². The number of hydrogen-bond donors (Lipinski definition) is 1. The molecule has 17 heavy (non-hydrogen) atoms. The summed E-state index contributed by atoms with van der Waals surface area (Å²) in [5.74, 6) is -1.15. The number of hydrogen-bond acceptors (Lipinski definition) is 4. The number of nitrogens with one attached hydrogen (secondary N) is 1. The fourth-order valence-corrected chi connectivity index (χ4v) is 2.03. The molecule has 0 aliphatic carbocycles. The molecule has 2 rings (SSSR count). The number of anilines is 1. The molecule has 0 spiro atoms. The maximum atomic E-state index is 12.9. The van der Waals surface area contributed by atoms with Crippen LogP contribution in [0, 0.1) is 11.6 Å². The predicted molar refractivity (Wildman–Crippen MR) is 63.0 cm³/mol. The predicted octanol–water partition coefficient (Wildman–Crippen LogP) is 2.99. The highest BCUT2D eigenvalue weighted by atomic mass is 32.1. The van der Waals surface area contributed by atoms with Crippen molar-refractivity contribution < 1.29 is 8.78 Å². The Morgan fingerprint density at radius 1 is 1.18 bits per heavy atom. The Hall–Kier alpha value is -1.56. The molecule has 1 aromatic carbocycles. The van der Waals surface area contributed by atoms with Gasteiger partial charge in [0.2, 0.25) is 5.13 Å². The summed E-state index contributed by atoms with van der Waals surface area (Å²) in [5.41, 5.74) is 0.538. The first kappa shape index (κ1) is 11.9. The Labute approximate surface area is 102 Å². The quantitative estimate of drug-likeness (QED) is 0.912. The highest BCUT2D eigenvalue weighted by molar-refractivity contribution is 7.15. The van der Waals surface area contributed by atoms with Crippen LogP contribution in [0.25, 0.3) is 0 Å². The van der Waals surface area contributed by atoms with E-state index in [0.717, 1.165) is 17.5 Å². The van der Waals surface area contributed by atoms with Crippen LogP contribution in [0.15, 0.2) is 18.2 Å². The van der Waals surface area contributed by atoms with Gasteiger partial charge in [0.15, 0.2) is 0 Å². The Kier molecular flexibility index (Phi) is 3.63. The minimum absolute atomic E-state index is 0.326. The third kappa shape index (κ3) is 3.20. The van der Waals surface area contributed by atoms with E-state index >= 15 is 0 Å². The van der Waals surface area contributed by atoms with Crippen molar-refractivity contribution in [3.63, 3.8) is 0 Å². The number of aryl methyl sites for hydroxylation is 1. The molecule has 0 bridgehead atoms. The van der Waals surface area contributed by atoms with Gasteiger partial charge in [-0.1, -0.05) is 18.3 Å². The zero-order valence-electron chi connectivity index (χ0n) is 9.20. The van der Waals surface area contributed by atoms with Crippen LogP contribution < -0.4 is 5.32 Å². The molecule has 2 aromatic rings. The average molecular weight is 255 g/mol. The molecule has 1 N–H and O–H groups in total. The van der Waals surface area contributed by atoms with Gasteiger partial charge in [-0.3, -0.25) is 0 Å². The zero-order valence-corrected chi connectivity index (χ0v) is 10.0. The van der Waals surface area contributed by atoms with E-state index in [1.54, 1.807) is 0 Å². The Bertz CT molecular complexity index is 493. The third-order valence-corrected chi connectivity index (χ3v) is 3.16. The highest BCUT2D eigenvalue weighted by Crippen LogP contribution is 2.17. The third-order valence-electron chi connectivity index (χ3n) is 2.14. The molecule has 0 atom stereocenters. The molecule has 6 heteroatoms. The van der Waals surface area contributed by atoms with E-state index in [-0.39, 0.29) is 0 Å². The molecular formula is C11H11F2N3S. The van der Waals surface area contributed by atoms with Crippen LogP contribution >= 0.6 is 11.3 Å². The van der Waals surface area contributed by atoms with Gasteiger partial charge < -0.3 is 5.32 Å². The van der Waals surface area contributed by atoms with Crippen LogP contribution in [-0.2, 0) is 13.0 Å². The number of rotatable bonds is 4. The molecule has 0 unspecified atom stereocenters. The molecule has 1 aromatic heterocycles. The van der Waals surface area contributed by atoms with Gasteiger partial charge in [-0.2, -0.15) is 0 Å². The molecule has 90 valence electrons. The zero-order chi connectivity index (χ0) is 12.3. The standard InChI is InChI=1S/C11H11F2N3S/c1-2-10-15-16-11(17-10)14-6-7-3-8(12)5-9(13)4-7/h3-5H,2,6H2,1H3,(H,14,16). The minimum Gasteiger partial charge on any atom is -0.356 e. The van der Waals surface area contributed by atoms with Crippen molar-refractivity contribution in [3.8, 4) is 0 Å². The summed E-state index contributed by atoms with van der Waals surface area (Å²) in [5, 5.41) is 12.4. The SMILES string of the molecule is CCc1nnc(NCc2cc(F)cc(F)c2)s1. The van der Waals surface area contributed by atoms with Crippen molar-refractivity contribution in [2.45, 2.75) is 19.9 Å². The van der Waals surface area contributed by atoms with Gasteiger partial charge in [0.1, 0.15) is 16.6 Å². The Balaban J connectivity index is 2.01. The summed E-state index contributed by atoms with van der Waals surface area (Å²) < 4.78 is 25.8. The van der Waals surface area contributed by atoms with E-state index in [1.807, 2.05) is 6.92 Å². The van der Waals surface area contributed by atoms with Gasteiger partial charge in [0.25, 0.3) is 0 Å². The van der Waals surface area contributed by atoms with Crippen LogP contribution in [0.5, 0.6) is 0 Å². The van der Waals surface area contributed by atoms with Gasteiger partial charge >= 0.3 is 0 Å². The summed E-state index contributed by atoms with van der Waals surface area (Å²) in [6.07, 6.45) is 0.827. The first-order valence-electron chi connectivity index (χ1n) is 5.18. The van der Waals surface area contributed by atoms with Crippen LogP contribution in [-0.4, -0.2) is 10.2 Å². The van der Waals surface area contributed by atoms with Crippen molar-refractivity contribution in [1.29, 1.82) is 0 Å². The van der Waals surface area contributed by atoms with E-state index in [2.05, 4.69) is 15.5 Å². The van der Waals surface area contributed by atoms with Crippen molar-refractivity contribution in [3.05, 3.63) is 40.4 Å². The van der Waals surface area contributed by atoms with Gasteiger partial charge in [0, 0.05) is 12.6 Å². The molecule has 0 amide bonds. The largest absolute Gasteiger partial charge is 0.356 e. The summed E-state index contributed by atoms with van der Waals surface area (Å²) in [4.78, 5) is 0. The van der Waals surface area contributed by atoms with E-state index in [9.17, 15) is 8.78 Å². The topological polar surface area (TPSA) is 37.8 Å². The summed E-state index contributed by atoms with van der Waals surface area (Å²) in [6.45, 7) is 2.32. The number of halogens is 2. The van der Waals surface area contributed by atoms with Crippen LogP contribution in [0.1, 0.15) is 17.5 Å². The van der Waals surface area contributed by atoms with Gasteiger partial charge in [-0.25, -0.2) is 8.78 Å². The second-order valence-corrected chi connectivity index (χ2v) is 4.55. The number of aromatic nitrogens is 2. The first-order valence-corrected chi connectivity index (χ1v) is 6.00. The maximum Gasteiger partial charge on any atom is 0.205 e. The maximum absolute atomic E-state index is 12.9. The smallest absolute Gasteiger partial charge is 0.205 e. The van der Waals surface area contributed by atoms with E-state index in [1.165, 1.54) is 23.5 Å². The molecule has 0 saturated heterocycles. The van der Waals surface area contributed by atoms with Crippen molar-refractivity contribution in [2.75, 3.05) is 5.32 Å². The van der Waals surface area contributed by atoms with Crippen molar-refractivity contribution in [1.82, 2.24) is 10.2 Å². The fourth-order valence-electron chi connectivity index (χ4n) is 1.36. The number of benzene rings is 1. The molecule has 1 heterocycles. The van der Waals surface area contributed by atoms with Crippen LogP contribution in [0.2, 0.25) is 0 Å². The summed E-state index contributed by atoms with van der Waals surface area (Å²) >= 11 is 1.44. The molecule has 0 aliphatic rings. The highest BCUT2D eigenvalue weighted by Gasteiger charge is 2.04. The monoisotopic (exact) mass is 255 g/mol. The van der Waals surface area contributed by atoms with Gasteiger partial charge in [-0.15, -0.1) is 10.2 Å². The Morgan fingerprint density at radius 3 is 2.47 bits per heavy atom. The molecule has 3 nitrogen and oxygen atoms in total. The molecule has 0 radical (unpaired) electrons. The summed E-state index contributed by atoms with van der Waals surface area (Å²) in [6, 6.07) is 3.43.